The third-order valence-electron chi connectivity index (χ3n) is 3.47. The van der Waals surface area contributed by atoms with Crippen molar-refractivity contribution in [3.05, 3.63) is 77.9 Å². The molecule has 2 aromatic rings. The van der Waals surface area contributed by atoms with Crippen LogP contribution in [0.3, 0.4) is 0 Å². The average molecular weight is 326 g/mol. The van der Waals surface area contributed by atoms with E-state index < -0.39 is 18.2 Å². The summed E-state index contributed by atoms with van der Waals surface area (Å²) in [6.45, 7) is 0.183. The van der Waals surface area contributed by atoms with Crippen molar-refractivity contribution in [3.63, 3.8) is 0 Å². The van der Waals surface area contributed by atoms with Gasteiger partial charge in [0.1, 0.15) is 6.61 Å². The number of ether oxygens (including phenoxy) is 1. The minimum atomic E-state index is -0.941. The summed E-state index contributed by atoms with van der Waals surface area (Å²) in [5, 5.41) is 19.8. The van der Waals surface area contributed by atoms with E-state index in [1.54, 1.807) is 12.2 Å². The predicted octanol–water partition coefficient (Wildman–Crippen LogP) is 2.95. The van der Waals surface area contributed by atoms with Gasteiger partial charge in [-0.2, -0.15) is 0 Å². The van der Waals surface area contributed by atoms with E-state index in [1.807, 2.05) is 60.7 Å². The Morgan fingerprint density at radius 3 is 2.29 bits per heavy atom. The number of carbonyl (C=O) groups is 1. The summed E-state index contributed by atoms with van der Waals surface area (Å²) in [6.07, 6.45) is 1.58. The van der Waals surface area contributed by atoms with Gasteiger partial charge in [0, 0.05) is 6.42 Å². The molecule has 2 N–H and O–H groups in total. The van der Waals surface area contributed by atoms with E-state index in [9.17, 15) is 15.0 Å². The standard InChI is InChI=1S/C20H22O4/c21-18(12-11-16-7-3-1-4-8-16)13-19(22)14-20(23)24-15-17-9-5-2-6-10-17/h1-12,18-19,21-22H,13-15H2/b12-11+. The molecule has 0 amide bonds. The molecule has 0 bridgehead atoms. The minimum absolute atomic E-state index is 0.0871. The highest BCUT2D eigenvalue weighted by atomic mass is 16.5. The van der Waals surface area contributed by atoms with Crippen molar-refractivity contribution in [1.82, 2.24) is 0 Å². The van der Waals surface area contributed by atoms with Gasteiger partial charge in [-0.05, 0) is 11.1 Å². The Morgan fingerprint density at radius 2 is 1.62 bits per heavy atom. The van der Waals surface area contributed by atoms with Crippen LogP contribution in [0.1, 0.15) is 24.0 Å². The van der Waals surface area contributed by atoms with Crippen LogP contribution in [-0.2, 0) is 16.1 Å². The number of esters is 1. The van der Waals surface area contributed by atoms with Crippen molar-refractivity contribution in [1.29, 1.82) is 0 Å². The van der Waals surface area contributed by atoms with Crippen LogP contribution in [0.25, 0.3) is 6.08 Å². The van der Waals surface area contributed by atoms with Crippen LogP contribution in [0.4, 0.5) is 0 Å². The number of hydrogen-bond donors (Lipinski definition) is 2. The third-order valence-corrected chi connectivity index (χ3v) is 3.47. The van der Waals surface area contributed by atoms with Crippen molar-refractivity contribution in [2.75, 3.05) is 0 Å². The van der Waals surface area contributed by atoms with Gasteiger partial charge < -0.3 is 14.9 Å². The highest BCUT2D eigenvalue weighted by Crippen LogP contribution is 2.09. The van der Waals surface area contributed by atoms with Crippen molar-refractivity contribution < 1.29 is 19.7 Å². The van der Waals surface area contributed by atoms with Crippen LogP contribution in [0.15, 0.2) is 66.7 Å². The lowest BCUT2D eigenvalue weighted by atomic mass is 10.1. The second-order valence-electron chi connectivity index (χ2n) is 5.58. The Hall–Kier alpha value is -2.43. The van der Waals surface area contributed by atoms with Crippen molar-refractivity contribution >= 4 is 12.0 Å². The number of hydrogen-bond acceptors (Lipinski definition) is 4. The molecule has 2 rings (SSSR count). The first-order valence-corrected chi connectivity index (χ1v) is 7.92. The van der Waals surface area contributed by atoms with Crippen molar-refractivity contribution in [2.45, 2.75) is 31.7 Å². The zero-order valence-corrected chi connectivity index (χ0v) is 13.4. The van der Waals surface area contributed by atoms with Crippen LogP contribution in [0, 0.1) is 0 Å². The van der Waals surface area contributed by atoms with E-state index in [4.69, 9.17) is 4.74 Å². The number of benzene rings is 2. The second kappa shape index (κ2) is 9.65. The van der Waals surface area contributed by atoms with Crippen LogP contribution in [0.5, 0.6) is 0 Å². The third kappa shape index (κ3) is 6.77. The van der Waals surface area contributed by atoms with Gasteiger partial charge in [-0.1, -0.05) is 72.8 Å². The fourth-order valence-corrected chi connectivity index (χ4v) is 2.22. The van der Waals surface area contributed by atoms with Crippen LogP contribution in [-0.4, -0.2) is 28.4 Å². The van der Waals surface area contributed by atoms with E-state index in [-0.39, 0.29) is 19.4 Å². The van der Waals surface area contributed by atoms with E-state index in [1.165, 1.54) is 0 Å². The first-order chi connectivity index (χ1) is 11.6. The fraction of sp³-hybridized carbons (Fsp3) is 0.250. The molecule has 4 nitrogen and oxygen atoms in total. The summed E-state index contributed by atoms with van der Waals surface area (Å²) in [6, 6.07) is 18.9. The molecule has 4 heteroatoms. The van der Waals surface area contributed by atoms with Gasteiger partial charge in [0.15, 0.2) is 0 Å². The molecule has 0 aliphatic heterocycles. The summed E-state index contributed by atoms with van der Waals surface area (Å²) < 4.78 is 5.11. The number of carbonyl (C=O) groups excluding carboxylic acids is 1. The molecule has 2 unspecified atom stereocenters. The topological polar surface area (TPSA) is 66.8 Å². The lowest BCUT2D eigenvalue weighted by Crippen LogP contribution is -2.20. The number of rotatable bonds is 8. The predicted molar refractivity (Wildman–Crippen MR) is 93.0 cm³/mol. The van der Waals surface area contributed by atoms with Crippen LogP contribution < -0.4 is 0 Å². The zero-order chi connectivity index (χ0) is 17.2. The molecular weight excluding hydrogens is 304 g/mol. The monoisotopic (exact) mass is 326 g/mol. The molecule has 0 saturated carbocycles. The lowest BCUT2D eigenvalue weighted by Gasteiger charge is -2.12. The summed E-state index contributed by atoms with van der Waals surface area (Å²) in [4.78, 5) is 11.7. The second-order valence-corrected chi connectivity index (χ2v) is 5.58. The first-order valence-electron chi connectivity index (χ1n) is 7.92. The molecular formula is C20H22O4. The molecule has 0 heterocycles. The lowest BCUT2D eigenvalue weighted by molar-refractivity contribution is -0.147. The first kappa shape index (κ1) is 17.9. The molecule has 2 aromatic carbocycles. The van der Waals surface area contributed by atoms with Crippen LogP contribution in [0.2, 0.25) is 0 Å². The quantitative estimate of drug-likeness (QED) is 0.732. The maximum Gasteiger partial charge on any atom is 0.308 e. The average Bonchev–Trinajstić information content (AvgIpc) is 2.60. The fourth-order valence-electron chi connectivity index (χ4n) is 2.22. The van der Waals surface area contributed by atoms with Gasteiger partial charge in [0.25, 0.3) is 0 Å². The molecule has 0 aromatic heterocycles. The van der Waals surface area contributed by atoms with E-state index in [0.29, 0.717) is 0 Å². The smallest absolute Gasteiger partial charge is 0.308 e. The summed E-state index contributed by atoms with van der Waals surface area (Å²) >= 11 is 0. The molecule has 126 valence electrons. The molecule has 0 radical (unpaired) electrons. The van der Waals surface area contributed by atoms with Gasteiger partial charge in [-0.25, -0.2) is 0 Å². The Kier molecular flexibility index (Phi) is 7.21. The number of aliphatic hydroxyl groups excluding tert-OH is 2. The van der Waals surface area contributed by atoms with E-state index in [2.05, 4.69) is 0 Å². The molecule has 0 aliphatic carbocycles. The normalized spacial score (nSPS) is 13.6. The highest BCUT2D eigenvalue weighted by molar-refractivity contribution is 5.70. The van der Waals surface area contributed by atoms with Gasteiger partial charge in [0.05, 0.1) is 18.6 Å². The summed E-state index contributed by atoms with van der Waals surface area (Å²) in [5.74, 6) is -0.481. The largest absolute Gasteiger partial charge is 0.461 e. The Bertz CT molecular complexity index is 637. The molecule has 2 atom stereocenters. The molecule has 0 saturated heterocycles. The Balaban J connectivity index is 1.70. The molecule has 0 spiro atoms. The maximum atomic E-state index is 11.7. The number of aliphatic hydroxyl groups is 2. The molecule has 24 heavy (non-hydrogen) atoms. The van der Waals surface area contributed by atoms with Crippen LogP contribution >= 0.6 is 0 Å². The Morgan fingerprint density at radius 1 is 1.00 bits per heavy atom. The SMILES string of the molecule is O=C(CC(O)CC(O)/C=C/c1ccccc1)OCc1ccccc1. The summed E-state index contributed by atoms with van der Waals surface area (Å²) in [5.41, 5.74) is 1.86. The van der Waals surface area contributed by atoms with Gasteiger partial charge >= 0.3 is 5.97 Å². The van der Waals surface area contributed by atoms with Gasteiger partial charge in [-0.15, -0.1) is 0 Å². The van der Waals surface area contributed by atoms with E-state index >= 15 is 0 Å². The maximum absolute atomic E-state index is 11.7. The highest BCUT2D eigenvalue weighted by Gasteiger charge is 2.15. The van der Waals surface area contributed by atoms with Crippen molar-refractivity contribution in [3.8, 4) is 0 Å². The van der Waals surface area contributed by atoms with Gasteiger partial charge in [0.2, 0.25) is 0 Å². The van der Waals surface area contributed by atoms with Crippen molar-refractivity contribution in [2.24, 2.45) is 0 Å². The van der Waals surface area contributed by atoms with E-state index in [0.717, 1.165) is 11.1 Å². The van der Waals surface area contributed by atoms with Gasteiger partial charge in [-0.3, -0.25) is 4.79 Å². The molecule has 0 aliphatic rings. The minimum Gasteiger partial charge on any atom is -0.461 e. The molecule has 0 fully saturated rings. The summed E-state index contributed by atoms with van der Waals surface area (Å²) in [7, 11) is 0. The zero-order valence-electron chi connectivity index (χ0n) is 13.4. The Labute approximate surface area is 142 Å².